The van der Waals surface area contributed by atoms with Crippen LogP contribution in [0, 0.1) is 0 Å². The molecule has 0 fully saturated rings. The average molecular weight is 933 g/mol. The van der Waals surface area contributed by atoms with Crippen LogP contribution in [0.4, 0.5) is 0 Å². The standard InChI is InChI=1S/C61H104O6/c1-4-7-10-13-16-19-22-25-27-29-30-32-33-36-39-42-45-48-51-54-60(63)66-57-58(56-65-59(62)53-50-47-44-41-38-35-24-21-18-15-12-9-6-3)67-61(64)55-52-49-46-43-40-37-34-31-28-26-23-20-17-14-11-8-5-2/h16-17,19-20,25-28,30,32,34,37,43,46,58H,4-15,18,21-24,29,31,33,35-36,38-42,44-45,47-57H2,1-3H3/b19-16-,20-17-,27-25-,28-26-,32-30-,37-34-,46-43-/t58-/m1/s1. The van der Waals surface area contributed by atoms with Crippen molar-refractivity contribution in [1.29, 1.82) is 0 Å². The first-order chi connectivity index (χ1) is 33.0. The number of allylic oxidation sites excluding steroid dienone is 14. The van der Waals surface area contributed by atoms with E-state index >= 15 is 0 Å². The first-order valence-corrected chi connectivity index (χ1v) is 28.1. The minimum absolute atomic E-state index is 0.101. The fourth-order valence-electron chi connectivity index (χ4n) is 7.62. The lowest BCUT2D eigenvalue weighted by Crippen LogP contribution is -2.30. The van der Waals surface area contributed by atoms with Crippen LogP contribution in [0.25, 0.3) is 0 Å². The summed E-state index contributed by atoms with van der Waals surface area (Å²) < 4.78 is 16.8. The van der Waals surface area contributed by atoms with Crippen molar-refractivity contribution >= 4 is 17.9 Å². The van der Waals surface area contributed by atoms with E-state index in [1.54, 1.807) is 0 Å². The van der Waals surface area contributed by atoms with Crippen LogP contribution in [0.15, 0.2) is 85.1 Å². The number of esters is 3. The van der Waals surface area contributed by atoms with Gasteiger partial charge in [0.15, 0.2) is 6.10 Å². The number of hydrogen-bond acceptors (Lipinski definition) is 6. The number of unbranched alkanes of at least 4 members (excludes halogenated alkanes) is 25. The molecule has 67 heavy (non-hydrogen) atoms. The second kappa shape index (κ2) is 55.2. The molecule has 0 aromatic heterocycles. The van der Waals surface area contributed by atoms with Gasteiger partial charge in [-0.3, -0.25) is 14.4 Å². The molecule has 0 amide bonds. The van der Waals surface area contributed by atoms with Crippen molar-refractivity contribution in [3.8, 4) is 0 Å². The van der Waals surface area contributed by atoms with Gasteiger partial charge in [-0.2, -0.15) is 0 Å². The molecule has 0 bridgehead atoms. The fraction of sp³-hybridized carbons (Fsp3) is 0.721. The zero-order chi connectivity index (χ0) is 48.6. The predicted octanol–water partition coefficient (Wildman–Crippen LogP) is 18.8. The summed E-state index contributed by atoms with van der Waals surface area (Å²) in [6, 6.07) is 0. The van der Waals surface area contributed by atoms with Crippen LogP contribution in [0.3, 0.4) is 0 Å². The Balaban J connectivity index is 4.48. The number of carbonyl (C=O) groups is 3. The summed E-state index contributed by atoms with van der Waals surface area (Å²) in [6.45, 7) is 6.53. The molecule has 0 saturated carbocycles. The Morgan fingerprint density at radius 2 is 0.552 bits per heavy atom. The van der Waals surface area contributed by atoms with Gasteiger partial charge in [0.1, 0.15) is 13.2 Å². The van der Waals surface area contributed by atoms with E-state index < -0.39 is 6.10 Å². The van der Waals surface area contributed by atoms with E-state index in [9.17, 15) is 14.4 Å². The van der Waals surface area contributed by atoms with Crippen LogP contribution in [0.2, 0.25) is 0 Å². The smallest absolute Gasteiger partial charge is 0.306 e. The van der Waals surface area contributed by atoms with Gasteiger partial charge in [0.05, 0.1) is 0 Å². The van der Waals surface area contributed by atoms with E-state index in [2.05, 4.69) is 106 Å². The van der Waals surface area contributed by atoms with Crippen LogP contribution in [-0.4, -0.2) is 37.2 Å². The minimum Gasteiger partial charge on any atom is -0.462 e. The van der Waals surface area contributed by atoms with Crippen molar-refractivity contribution in [2.45, 2.75) is 271 Å². The monoisotopic (exact) mass is 933 g/mol. The molecule has 0 radical (unpaired) electrons. The highest BCUT2D eigenvalue weighted by molar-refractivity contribution is 5.71. The van der Waals surface area contributed by atoms with Gasteiger partial charge in [-0.1, -0.05) is 234 Å². The van der Waals surface area contributed by atoms with Gasteiger partial charge in [-0.15, -0.1) is 0 Å². The Labute approximate surface area is 414 Å². The molecular formula is C61H104O6. The molecule has 0 unspecified atom stereocenters. The van der Waals surface area contributed by atoms with Crippen molar-refractivity contribution in [2.24, 2.45) is 0 Å². The van der Waals surface area contributed by atoms with E-state index in [1.807, 2.05) is 0 Å². The van der Waals surface area contributed by atoms with Gasteiger partial charge in [-0.25, -0.2) is 0 Å². The zero-order valence-electron chi connectivity index (χ0n) is 43.9. The summed E-state index contributed by atoms with van der Waals surface area (Å²) in [5, 5.41) is 0. The predicted molar refractivity (Wildman–Crippen MR) is 288 cm³/mol. The first-order valence-electron chi connectivity index (χ1n) is 28.1. The summed E-state index contributed by atoms with van der Waals surface area (Å²) in [4.78, 5) is 38.1. The van der Waals surface area contributed by atoms with Gasteiger partial charge in [0.2, 0.25) is 0 Å². The van der Waals surface area contributed by atoms with Crippen LogP contribution < -0.4 is 0 Å². The third-order valence-corrected chi connectivity index (χ3v) is 11.9. The number of rotatable bonds is 50. The lowest BCUT2D eigenvalue weighted by atomic mass is 10.0. The highest BCUT2D eigenvalue weighted by Gasteiger charge is 2.19. The van der Waals surface area contributed by atoms with E-state index in [0.29, 0.717) is 19.3 Å². The van der Waals surface area contributed by atoms with Gasteiger partial charge < -0.3 is 14.2 Å². The Hall–Kier alpha value is -3.41. The Morgan fingerprint density at radius 3 is 0.910 bits per heavy atom. The first kappa shape index (κ1) is 63.6. The summed E-state index contributed by atoms with van der Waals surface area (Å²) in [7, 11) is 0. The molecule has 0 aromatic carbocycles. The van der Waals surface area contributed by atoms with Crippen molar-refractivity contribution in [3.63, 3.8) is 0 Å². The normalized spacial score (nSPS) is 12.7. The second-order valence-electron chi connectivity index (χ2n) is 18.5. The third-order valence-electron chi connectivity index (χ3n) is 11.9. The maximum absolute atomic E-state index is 12.8. The largest absolute Gasteiger partial charge is 0.462 e. The highest BCUT2D eigenvalue weighted by atomic mass is 16.6. The molecule has 0 aliphatic carbocycles. The molecule has 0 spiro atoms. The van der Waals surface area contributed by atoms with Gasteiger partial charge >= 0.3 is 17.9 Å². The topological polar surface area (TPSA) is 78.9 Å². The maximum atomic E-state index is 12.8. The van der Waals surface area contributed by atoms with Gasteiger partial charge in [0, 0.05) is 19.3 Å². The summed E-state index contributed by atoms with van der Waals surface area (Å²) in [5.41, 5.74) is 0. The number of carbonyl (C=O) groups excluding carboxylic acids is 3. The van der Waals surface area contributed by atoms with E-state index in [4.69, 9.17) is 14.2 Å². The quantitative estimate of drug-likeness (QED) is 0.0262. The van der Waals surface area contributed by atoms with Crippen LogP contribution in [0.1, 0.15) is 265 Å². The van der Waals surface area contributed by atoms with E-state index in [1.165, 1.54) is 135 Å². The Morgan fingerprint density at radius 1 is 0.299 bits per heavy atom. The SMILES string of the molecule is CCCCC/C=C\C/C=C\C/C=C\C/C=C\CCCC(=O)O[C@@H](COC(=O)CCCCCCCC/C=C\C/C=C\C/C=C\CCCCC)COC(=O)CCCCCCCCCCCCCCC. The molecule has 6 heteroatoms. The summed E-state index contributed by atoms with van der Waals surface area (Å²) >= 11 is 0. The molecule has 0 saturated heterocycles. The lowest BCUT2D eigenvalue weighted by molar-refractivity contribution is -0.167. The van der Waals surface area contributed by atoms with E-state index in [0.717, 1.165) is 83.5 Å². The summed E-state index contributed by atoms with van der Waals surface area (Å²) in [5.74, 6) is -0.966. The van der Waals surface area contributed by atoms with Crippen LogP contribution in [-0.2, 0) is 28.6 Å². The molecule has 6 nitrogen and oxygen atoms in total. The van der Waals surface area contributed by atoms with Crippen molar-refractivity contribution in [1.82, 2.24) is 0 Å². The Kier molecular flexibility index (Phi) is 52.4. The fourth-order valence-corrected chi connectivity index (χ4v) is 7.62. The van der Waals surface area contributed by atoms with Crippen molar-refractivity contribution in [3.05, 3.63) is 85.1 Å². The molecule has 0 rings (SSSR count). The molecule has 384 valence electrons. The molecule has 0 heterocycles. The Bertz CT molecular complexity index is 1300. The number of ether oxygens (including phenoxy) is 3. The van der Waals surface area contributed by atoms with Crippen LogP contribution >= 0.6 is 0 Å². The van der Waals surface area contributed by atoms with E-state index in [-0.39, 0.29) is 37.5 Å². The molecule has 1 atom stereocenters. The molecule has 0 aliphatic rings. The molecular weight excluding hydrogens is 829 g/mol. The maximum Gasteiger partial charge on any atom is 0.306 e. The average Bonchev–Trinajstić information content (AvgIpc) is 3.33. The van der Waals surface area contributed by atoms with Gasteiger partial charge in [0.25, 0.3) is 0 Å². The van der Waals surface area contributed by atoms with Crippen LogP contribution in [0.5, 0.6) is 0 Å². The van der Waals surface area contributed by atoms with Crippen molar-refractivity contribution in [2.75, 3.05) is 13.2 Å². The zero-order valence-corrected chi connectivity index (χ0v) is 43.9. The lowest BCUT2D eigenvalue weighted by Gasteiger charge is -2.18. The third kappa shape index (κ3) is 53.4. The molecule has 0 N–H and O–H groups in total. The highest BCUT2D eigenvalue weighted by Crippen LogP contribution is 2.15. The summed E-state index contributed by atoms with van der Waals surface area (Å²) in [6.07, 6.45) is 71.4. The minimum atomic E-state index is -0.809. The molecule has 0 aromatic rings. The van der Waals surface area contributed by atoms with Crippen molar-refractivity contribution < 1.29 is 28.6 Å². The van der Waals surface area contributed by atoms with Gasteiger partial charge in [-0.05, 0) is 96.3 Å². The number of hydrogen-bond donors (Lipinski definition) is 0. The molecule has 0 aliphatic heterocycles. The second-order valence-corrected chi connectivity index (χ2v) is 18.5.